The van der Waals surface area contributed by atoms with Gasteiger partial charge in [-0.1, -0.05) is 0 Å². The van der Waals surface area contributed by atoms with Crippen LogP contribution in [0.1, 0.15) is 6.42 Å². The summed E-state index contributed by atoms with van der Waals surface area (Å²) < 4.78 is 0. The molecule has 3 heteroatoms. The lowest BCUT2D eigenvalue weighted by Gasteiger charge is -2.28. The third-order valence-corrected chi connectivity index (χ3v) is 1.85. The van der Waals surface area contributed by atoms with Crippen LogP contribution >= 0.6 is 0 Å². The van der Waals surface area contributed by atoms with Crippen molar-refractivity contribution in [3.8, 4) is 0 Å². The van der Waals surface area contributed by atoms with Crippen molar-refractivity contribution in [2.24, 2.45) is 0 Å². The number of rotatable bonds is 2. The van der Waals surface area contributed by atoms with Crippen LogP contribution in [-0.4, -0.2) is 49.3 Å². The van der Waals surface area contributed by atoms with Crippen molar-refractivity contribution >= 4 is 0 Å². The van der Waals surface area contributed by atoms with Crippen LogP contribution in [-0.2, 0) is 0 Å². The first-order valence-corrected chi connectivity index (χ1v) is 3.79. The average molecular weight is 143 g/mol. The van der Waals surface area contributed by atoms with E-state index in [9.17, 15) is 0 Å². The highest BCUT2D eigenvalue weighted by molar-refractivity contribution is 4.75. The minimum absolute atomic E-state index is 0.266. The molecule has 3 nitrogen and oxygen atoms in total. The minimum atomic E-state index is 0.266. The molecule has 0 amide bonds. The summed E-state index contributed by atoms with van der Waals surface area (Å²) in [5.41, 5.74) is 0. The zero-order valence-corrected chi connectivity index (χ0v) is 6.45. The number of aliphatic hydroxyl groups is 1. The Labute approximate surface area is 62.0 Å². The summed E-state index contributed by atoms with van der Waals surface area (Å²) in [6.07, 6.45) is 0.824. The fourth-order valence-corrected chi connectivity index (χ4v) is 1.25. The maximum Gasteiger partial charge on any atom is 0.0446 e. The molecule has 1 aliphatic rings. The molecule has 1 fully saturated rings. The zero-order valence-electron chi connectivity index (χ0n) is 6.45. The summed E-state index contributed by atoms with van der Waals surface area (Å²) in [6.45, 7) is 3.28. The van der Waals surface area contributed by atoms with Crippen LogP contribution in [0.15, 0.2) is 0 Å². The van der Waals surface area contributed by atoms with Gasteiger partial charge in [0.25, 0.3) is 0 Å². The summed E-state index contributed by atoms with van der Waals surface area (Å²) in [4.78, 5) is 2.26. The Hall–Kier alpha value is -0.120. The van der Waals surface area contributed by atoms with E-state index >= 15 is 0 Å². The molecule has 1 unspecified atom stereocenters. The molecule has 1 aliphatic heterocycles. The lowest BCUT2D eigenvalue weighted by atomic mass is 10.1. The van der Waals surface area contributed by atoms with E-state index in [0.717, 1.165) is 26.1 Å². The second kappa shape index (κ2) is 3.91. The standard InChI is InChI=1S/C7H15N2O/c1-9-4-3-8-7(6-9)2-5-10/h7,10H,2-6H2,1H3. The quantitative estimate of drug-likeness (QED) is 0.554. The van der Waals surface area contributed by atoms with E-state index in [4.69, 9.17) is 5.11 Å². The van der Waals surface area contributed by atoms with Gasteiger partial charge in [0, 0.05) is 32.3 Å². The van der Waals surface area contributed by atoms with E-state index in [1.807, 2.05) is 0 Å². The molecular weight excluding hydrogens is 128 g/mol. The van der Waals surface area contributed by atoms with Crippen molar-refractivity contribution in [2.45, 2.75) is 12.5 Å². The Bertz CT molecular complexity index is 95.6. The molecule has 0 aromatic carbocycles. The van der Waals surface area contributed by atoms with Crippen LogP contribution in [0.3, 0.4) is 0 Å². The van der Waals surface area contributed by atoms with Crippen LogP contribution in [0.2, 0.25) is 0 Å². The Morgan fingerprint density at radius 2 is 2.50 bits per heavy atom. The first kappa shape index (κ1) is 7.98. The maximum absolute atomic E-state index is 8.63. The van der Waals surface area contributed by atoms with E-state index < -0.39 is 0 Å². The molecule has 10 heavy (non-hydrogen) atoms. The Morgan fingerprint density at radius 3 is 3.10 bits per heavy atom. The van der Waals surface area contributed by atoms with Crippen LogP contribution in [0.4, 0.5) is 0 Å². The first-order valence-electron chi connectivity index (χ1n) is 3.79. The van der Waals surface area contributed by atoms with Crippen LogP contribution in [0.25, 0.3) is 0 Å². The molecule has 0 aromatic heterocycles. The number of likely N-dealkylation sites (N-methyl/N-ethyl adjacent to an activating group) is 1. The van der Waals surface area contributed by atoms with Gasteiger partial charge in [-0.25, -0.2) is 5.32 Å². The van der Waals surface area contributed by atoms with E-state index in [1.165, 1.54) is 0 Å². The smallest absolute Gasteiger partial charge is 0.0446 e. The number of piperazine rings is 1. The molecule has 0 saturated carbocycles. The molecule has 1 radical (unpaired) electrons. The fourth-order valence-electron chi connectivity index (χ4n) is 1.25. The van der Waals surface area contributed by atoms with Gasteiger partial charge in [0.1, 0.15) is 0 Å². The Balaban J connectivity index is 2.18. The molecule has 0 aromatic rings. The van der Waals surface area contributed by atoms with Crippen molar-refractivity contribution in [1.29, 1.82) is 0 Å². The third kappa shape index (κ3) is 2.25. The predicted octanol–water partition coefficient (Wildman–Crippen LogP) is -0.713. The molecule has 0 spiro atoms. The van der Waals surface area contributed by atoms with Gasteiger partial charge >= 0.3 is 0 Å². The van der Waals surface area contributed by atoms with Gasteiger partial charge in [-0.3, -0.25) is 0 Å². The Morgan fingerprint density at radius 1 is 1.70 bits per heavy atom. The second-order valence-electron chi connectivity index (χ2n) is 2.83. The fraction of sp³-hybridized carbons (Fsp3) is 1.00. The van der Waals surface area contributed by atoms with Crippen molar-refractivity contribution in [3.05, 3.63) is 0 Å². The van der Waals surface area contributed by atoms with Crippen LogP contribution in [0.5, 0.6) is 0 Å². The minimum Gasteiger partial charge on any atom is -0.396 e. The van der Waals surface area contributed by atoms with E-state index in [1.54, 1.807) is 0 Å². The van der Waals surface area contributed by atoms with Gasteiger partial charge in [-0.15, -0.1) is 0 Å². The van der Waals surface area contributed by atoms with Crippen molar-refractivity contribution in [2.75, 3.05) is 33.3 Å². The molecule has 1 heterocycles. The number of hydrogen-bond acceptors (Lipinski definition) is 2. The van der Waals surface area contributed by atoms with E-state index in [0.29, 0.717) is 6.04 Å². The molecule has 0 bridgehead atoms. The first-order chi connectivity index (χ1) is 4.83. The van der Waals surface area contributed by atoms with E-state index in [-0.39, 0.29) is 6.61 Å². The van der Waals surface area contributed by atoms with Gasteiger partial charge in [-0.05, 0) is 13.5 Å². The van der Waals surface area contributed by atoms with Gasteiger partial charge in [0.15, 0.2) is 0 Å². The third-order valence-electron chi connectivity index (χ3n) is 1.85. The highest BCUT2D eigenvalue weighted by atomic mass is 16.3. The number of nitrogens with zero attached hydrogens (tertiary/aromatic N) is 2. The highest BCUT2D eigenvalue weighted by Crippen LogP contribution is 2.00. The largest absolute Gasteiger partial charge is 0.396 e. The van der Waals surface area contributed by atoms with Gasteiger partial charge in [0.05, 0.1) is 0 Å². The topological polar surface area (TPSA) is 37.6 Å². The van der Waals surface area contributed by atoms with Crippen molar-refractivity contribution < 1.29 is 5.11 Å². The lowest BCUT2D eigenvalue weighted by molar-refractivity contribution is 0.195. The predicted molar refractivity (Wildman–Crippen MR) is 40.0 cm³/mol. The van der Waals surface area contributed by atoms with Crippen molar-refractivity contribution in [1.82, 2.24) is 10.2 Å². The summed E-state index contributed by atoms with van der Waals surface area (Å²) in [5.74, 6) is 0. The maximum atomic E-state index is 8.63. The number of aliphatic hydroxyl groups excluding tert-OH is 1. The molecule has 59 valence electrons. The average Bonchev–Trinajstić information content (AvgIpc) is 1.88. The molecule has 1 rings (SSSR count). The summed E-state index contributed by atoms with van der Waals surface area (Å²) in [6, 6.07) is 0.378. The lowest BCUT2D eigenvalue weighted by Crippen LogP contribution is -2.45. The summed E-state index contributed by atoms with van der Waals surface area (Å²) >= 11 is 0. The summed E-state index contributed by atoms with van der Waals surface area (Å²) in [5, 5.41) is 13.0. The van der Waals surface area contributed by atoms with Gasteiger partial charge < -0.3 is 10.0 Å². The molecule has 1 N–H and O–H groups in total. The Kier molecular flexibility index (Phi) is 3.12. The van der Waals surface area contributed by atoms with Crippen molar-refractivity contribution in [3.63, 3.8) is 0 Å². The normalized spacial score (nSPS) is 28.8. The molecule has 0 aliphatic carbocycles. The summed E-state index contributed by atoms with van der Waals surface area (Å²) in [7, 11) is 2.10. The SMILES string of the molecule is CN1CC[N]C(CCO)C1. The number of hydrogen-bond donors (Lipinski definition) is 1. The molecular formula is C7H15N2O. The second-order valence-corrected chi connectivity index (χ2v) is 2.83. The highest BCUT2D eigenvalue weighted by Gasteiger charge is 2.16. The molecule has 1 atom stereocenters. The van der Waals surface area contributed by atoms with Crippen LogP contribution in [0, 0.1) is 0 Å². The van der Waals surface area contributed by atoms with E-state index in [2.05, 4.69) is 17.3 Å². The van der Waals surface area contributed by atoms with Gasteiger partial charge in [0.2, 0.25) is 0 Å². The zero-order chi connectivity index (χ0) is 7.40. The molecule has 1 saturated heterocycles. The van der Waals surface area contributed by atoms with Crippen LogP contribution < -0.4 is 5.32 Å². The monoisotopic (exact) mass is 143 g/mol. The van der Waals surface area contributed by atoms with Gasteiger partial charge in [-0.2, -0.15) is 0 Å².